The Labute approximate surface area is 176 Å². The number of aromatic nitrogens is 4. The standard InChI is InChI=1S/C21H30N6O3/c1-2-18(28)25-13-7-16(8-14-25)20-23-24-21(30-20)17-6-3-4-12-27(17)19(29)9-15-26-11-5-10-22-26/h5,10-11,16-17H,2-4,6-9,12-15H2,1H3. The first-order valence-electron chi connectivity index (χ1n) is 11.0. The van der Waals surface area contributed by atoms with Crippen molar-refractivity contribution in [3.05, 3.63) is 30.2 Å². The molecule has 4 rings (SSSR count). The van der Waals surface area contributed by atoms with Crippen LogP contribution >= 0.6 is 0 Å². The monoisotopic (exact) mass is 414 g/mol. The lowest BCUT2D eigenvalue weighted by molar-refractivity contribution is -0.136. The summed E-state index contributed by atoms with van der Waals surface area (Å²) in [5.74, 6) is 1.67. The minimum absolute atomic E-state index is 0.0985. The quantitative estimate of drug-likeness (QED) is 0.720. The van der Waals surface area contributed by atoms with Crippen LogP contribution in [0, 0.1) is 0 Å². The Hall–Kier alpha value is -2.71. The highest BCUT2D eigenvalue weighted by Gasteiger charge is 2.33. The van der Waals surface area contributed by atoms with E-state index < -0.39 is 0 Å². The summed E-state index contributed by atoms with van der Waals surface area (Å²) in [5.41, 5.74) is 0. The van der Waals surface area contributed by atoms with Gasteiger partial charge in [0.2, 0.25) is 23.6 Å². The molecular weight excluding hydrogens is 384 g/mol. The molecule has 2 aromatic rings. The molecule has 0 spiro atoms. The fourth-order valence-corrected chi connectivity index (χ4v) is 4.42. The Kier molecular flexibility index (Phi) is 6.44. The molecule has 2 saturated heterocycles. The highest BCUT2D eigenvalue weighted by Crippen LogP contribution is 2.33. The summed E-state index contributed by atoms with van der Waals surface area (Å²) in [4.78, 5) is 28.6. The normalized spacial score (nSPS) is 20.5. The molecule has 1 atom stereocenters. The van der Waals surface area contributed by atoms with Crippen molar-refractivity contribution in [2.45, 2.75) is 70.4 Å². The van der Waals surface area contributed by atoms with E-state index in [2.05, 4.69) is 15.3 Å². The van der Waals surface area contributed by atoms with Crippen molar-refractivity contribution in [1.29, 1.82) is 0 Å². The maximum absolute atomic E-state index is 12.9. The van der Waals surface area contributed by atoms with Gasteiger partial charge in [-0.25, -0.2) is 0 Å². The average Bonchev–Trinajstić information content (AvgIpc) is 3.49. The molecule has 2 amide bonds. The predicted octanol–water partition coefficient (Wildman–Crippen LogP) is 2.53. The zero-order chi connectivity index (χ0) is 20.9. The van der Waals surface area contributed by atoms with E-state index in [1.54, 1.807) is 10.9 Å². The number of piperidine rings is 2. The van der Waals surface area contributed by atoms with Crippen LogP contribution < -0.4 is 0 Å². The second-order valence-corrected chi connectivity index (χ2v) is 8.10. The second-order valence-electron chi connectivity index (χ2n) is 8.10. The zero-order valence-corrected chi connectivity index (χ0v) is 17.6. The third kappa shape index (κ3) is 4.55. The number of carbonyl (C=O) groups excluding carboxylic acids is 2. The van der Waals surface area contributed by atoms with Crippen molar-refractivity contribution in [3.63, 3.8) is 0 Å². The van der Waals surface area contributed by atoms with E-state index in [9.17, 15) is 9.59 Å². The number of carbonyl (C=O) groups is 2. The van der Waals surface area contributed by atoms with Crippen LogP contribution in [0.3, 0.4) is 0 Å². The van der Waals surface area contributed by atoms with E-state index >= 15 is 0 Å². The number of aryl methyl sites for hydroxylation is 1. The lowest BCUT2D eigenvalue weighted by Crippen LogP contribution is -2.39. The second kappa shape index (κ2) is 9.40. The van der Waals surface area contributed by atoms with Gasteiger partial charge in [-0.15, -0.1) is 10.2 Å². The van der Waals surface area contributed by atoms with Gasteiger partial charge >= 0.3 is 0 Å². The molecule has 1 unspecified atom stereocenters. The fourth-order valence-electron chi connectivity index (χ4n) is 4.42. The number of amides is 2. The molecule has 2 fully saturated rings. The van der Waals surface area contributed by atoms with E-state index in [0.29, 0.717) is 31.2 Å². The lowest BCUT2D eigenvalue weighted by Gasteiger charge is -2.33. The van der Waals surface area contributed by atoms with Gasteiger partial charge in [-0.3, -0.25) is 14.3 Å². The Bertz CT molecular complexity index is 841. The molecule has 0 aliphatic carbocycles. The summed E-state index contributed by atoms with van der Waals surface area (Å²) < 4.78 is 7.85. The first-order valence-corrected chi connectivity index (χ1v) is 11.0. The molecule has 0 bridgehead atoms. The summed E-state index contributed by atoms with van der Waals surface area (Å²) in [6.07, 6.45) is 9.09. The molecule has 0 N–H and O–H groups in total. The van der Waals surface area contributed by atoms with Gasteiger partial charge in [0, 0.05) is 57.3 Å². The predicted molar refractivity (Wildman–Crippen MR) is 108 cm³/mol. The summed E-state index contributed by atoms with van der Waals surface area (Å²) in [6.45, 7) is 4.65. The van der Waals surface area contributed by atoms with Crippen LogP contribution in [-0.4, -0.2) is 61.2 Å². The summed E-state index contributed by atoms with van der Waals surface area (Å²) >= 11 is 0. The number of nitrogens with zero attached hydrogens (tertiary/aromatic N) is 6. The highest BCUT2D eigenvalue weighted by atomic mass is 16.4. The van der Waals surface area contributed by atoms with Crippen LogP contribution in [0.1, 0.15) is 75.6 Å². The maximum Gasteiger partial charge on any atom is 0.238 e. The minimum Gasteiger partial charge on any atom is -0.423 e. The van der Waals surface area contributed by atoms with Crippen LogP contribution in [0.25, 0.3) is 0 Å². The van der Waals surface area contributed by atoms with Crippen molar-refractivity contribution in [1.82, 2.24) is 29.8 Å². The molecule has 0 saturated carbocycles. The first kappa shape index (κ1) is 20.6. The van der Waals surface area contributed by atoms with Crippen LogP contribution in [0.4, 0.5) is 0 Å². The van der Waals surface area contributed by atoms with Crippen molar-refractivity contribution < 1.29 is 14.0 Å². The Morgan fingerprint density at radius 1 is 1.07 bits per heavy atom. The third-order valence-electron chi connectivity index (χ3n) is 6.18. The van der Waals surface area contributed by atoms with E-state index in [1.165, 1.54) is 0 Å². The summed E-state index contributed by atoms with van der Waals surface area (Å²) in [5, 5.41) is 12.8. The molecule has 2 aromatic heterocycles. The van der Waals surface area contributed by atoms with Crippen molar-refractivity contribution in [2.24, 2.45) is 0 Å². The van der Waals surface area contributed by atoms with Gasteiger partial charge in [-0.2, -0.15) is 5.10 Å². The Morgan fingerprint density at radius 2 is 1.87 bits per heavy atom. The van der Waals surface area contributed by atoms with E-state index in [4.69, 9.17) is 4.42 Å². The molecule has 9 heteroatoms. The number of rotatable bonds is 6. The van der Waals surface area contributed by atoms with Gasteiger partial charge in [-0.1, -0.05) is 6.92 Å². The molecule has 4 heterocycles. The molecular formula is C21H30N6O3. The minimum atomic E-state index is -0.146. The number of hydrogen-bond acceptors (Lipinski definition) is 6. The van der Waals surface area contributed by atoms with Crippen LogP contribution in [-0.2, 0) is 16.1 Å². The molecule has 162 valence electrons. The van der Waals surface area contributed by atoms with Crippen molar-refractivity contribution in [3.8, 4) is 0 Å². The van der Waals surface area contributed by atoms with Gasteiger partial charge in [0.05, 0.1) is 0 Å². The Morgan fingerprint density at radius 3 is 2.60 bits per heavy atom. The number of likely N-dealkylation sites (tertiary alicyclic amines) is 2. The molecule has 0 radical (unpaired) electrons. The first-order chi connectivity index (χ1) is 14.7. The maximum atomic E-state index is 12.9. The molecule has 9 nitrogen and oxygen atoms in total. The van der Waals surface area contributed by atoms with Crippen LogP contribution in [0.5, 0.6) is 0 Å². The Balaban J connectivity index is 1.38. The molecule has 2 aliphatic rings. The molecule has 0 aromatic carbocycles. The van der Waals surface area contributed by atoms with Gasteiger partial charge < -0.3 is 14.2 Å². The van der Waals surface area contributed by atoms with Gasteiger partial charge in [-0.05, 0) is 38.2 Å². The van der Waals surface area contributed by atoms with E-state index in [0.717, 1.165) is 51.7 Å². The van der Waals surface area contributed by atoms with Crippen molar-refractivity contribution in [2.75, 3.05) is 19.6 Å². The highest BCUT2D eigenvalue weighted by molar-refractivity contribution is 5.76. The van der Waals surface area contributed by atoms with E-state index in [-0.39, 0.29) is 23.8 Å². The summed E-state index contributed by atoms with van der Waals surface area (Å²) in [7, 11) is 0. The van der Waals surface area contributed by atoms with Crippen molar-refractivity contribution >= 4 is 11.8 Å². The molecule has 30 heavy (non-hydrogen) atoms. The topological polar surface area (TPSA) is 97.4 Å². The lowest BCUT2D eigenvalue weighted by atomic mass is 9.96. The fraction of sp³-hybridized carbons (Fsp3) is 0.667. The van der Waals surface area contributed by atoms with Crippen LogP contribution in [0.2, 0.25) is 0 Å². The third-order valence-corrected chi connectivity index (χ3v) is 6.18. The van der Waals surface area contributed by atoms with Gasteiger partial charge in [0.15, 0.2) is 0 Å². The molecule has 2 aliphatic heterocycles. The van der Waals surface area contributed by atoms with Gasteiger partial charge in [0.25, 0.3) is 0 Å². The largest absolute Gasteiger partial charge is 0.423 e. The average molecular weight is 415 g/mol. The van der Waals surface area contributed by atoms with Gasteiger partial charge in [0.1, 0.15) is 6.04 Å². The SMILES string of the molecule is CCC(=O)N1CCC(c2nnc(C3CCCCN3C(=O)CCn3cccn3)o2)CC1. The smallest absolute Gasteiger partial charge is 0.238 e. The number of hydrogen-bond donors (Lipinski definition) is 0. The summed E-state index contributed by atoms with van der Waals surface area (Å²) in [6, 6.07) is 1.71. The van der Waals surface area contributed by atoms with E-state index in [1.807, 2.05) is 29.0 Å². The zero-order valence-electron chi connectivity index (χ0n) is 17.6. The van der Waals surface area contributed by atoms with Crippen LogP contribution in [0.15, 0.2) is 22.9 Å².